The van der Waals surface area contributed by atoms with Crippen molar-refractivity contribution in [3.05, 3.63) is 23.4 Å². The summed E-state index contributed by atoms with van der Waals surface area (Å²) in [4.78, 5) is 3.55. The fraction of sp³-hybridized carbons (Fsp3) is 0.571. The van der Waals surface area contributed by atoms with Crippen molar-refractivity contribution in [2.24, 2.45) is 11.3 Å². The molecule has 0 bridgehead atoms. The molecule has 1 aromatic heterocycles. The first-order valence-corrected chi connectivity index (χ1v) is 6.51. The van der Waals surface area contributed by atoms with E-state index in [1.165, 1.54) is 0 Å². The van der Waals surface area contributed by atoms with Crippen molar-refractivity contribution in [1.29, 1.82) is 5.26 Å². The van der Waals surface area contributed by atoms with Crippen molar-refractivity contribution in [2.75, 3.05) is 11.9 Å². The predicted molar refractivity (Wildman–Crippen MR) is 68.9 cm³/mol. The molecule has 6 heteroatoms. The van der Waals surface area contributed by atoms with E-state index in [9.17, 15) is 13.2 Å². The molecule has 0 amide bonds. The average molecular weight is 283 g/mol. The topological polar surface area (TPSA) is 48.7 Å². The summed E-state index contributed by atoms with van der Waals surface area (Å²) >= 11 is 0. The van der Waals surface area contributed by atoms with Crippen LogP contribution in [0.1, 0.15) is 37.9 Å². The number of nitrogens with one attached hydrogen (secondary N) is 1. The number of nitriles is 1. The summed E-state index contributed by atoms with van der Waals surface area (Å²) in [5.74, 6) is 0.473. The van der Waals surface area contributed by atoms with E-state index < -0.39 is 11.9 Å². The molecule has 108 valence electrons. The summed E-state index contributed by atoms with van der Waals surface area (Å²) in [5, 5.41) is 11.9. The molecule has 0 atom stereocenters. The summed E-state index contributed by atoms with van der Waals surface area (Å²) in [6.45, 7) is 4.74. The lowest BCUT2D eigenvalue weighted by molar-refractivity contribution is -0.141. The van der Waals surface area contributed by atoms with Crippen molar-refractivity contribution in [2.45, 2.75) is 32.9 Å². The molecule has 0 unspecified atom stereocenters. The molecular weight excluding hydrogens is 267 g/mol. The largest absolute Gasteiger partial charge is 0.433 e. The number of aromatic nitrogens is 1. The van der Waals surface area contributed by atoms with Gasteiger partial charge < -0.3 is 5.32 Å². The van der Waals surface area contributed by atoms with Gasteiger partial charge in [-0.1, -0.05) is 13.8 Å². The summed E-state index contributed by atoms with van der Waals surface area (Å²) < 4.78 is 37.9. The maximum Gasteiger partial charge on any atom is 0.433 e. The fourth-order valence-electron chi connectivity index (χ4n) is 2.22. The Kier molecular flexibility index (Phi) is 3.63. The molecule has 1 aliphatic carbocycles. The highest BCUT2D eigenvalue weighted by Crippen LogP contribution is 2.51. The van der Waals surface area contributed by atoms with E-state index in [0.29, 0.717) is 12.5 Å². The minimum atomic E-state index is -4.50. The van der Waals surface area contributed by atoms with Gasteiger partial charge in [-0.25, -0.2) is 4.98 Å². The van der Waals surface area contributed by atoms with Gasteiger partial charge in [-0.05, 0) is 36.3 Å². The zero-order chi connectivity index (χ0) is 15.0. The Hall–Kier alpha value is -1.77. The van der Waals surface area contributed by atoms with Gasteiger partial charge >= 0.3 is 6.18 Å². The van der Waals surface area contributed by atoms with E-state index in [0.717, 1.165) is 25.0 Å². The predicted octanol–water partition coefficient (Wildman–Crippen LogP) is 3.82. The molecule has 1 aliphatic rings. The van der Waals surface area contributed by atoms with E-state index in [2.05, 4.69) is 24.1 Å². The maximum absolute atomic E-state index is 12.6. The highest BCUT2D eigenvalue weighted by atomic mass is 19.4. The second kappa shape index (κ2) is 4.97. The molecule has 1 saturated carbocycles. The number of hydrogen-bond donors (Lipinski definition) is 1. The first-order chi connectivity index (χ1) is 9.28. The van der Waals surface area contributed by atoms with Crippen LogP contribution < -0.4 is 5.32 Å². The van der Waals surface area contributed by atoms with Gasteiger partial charge in [0.15, 0.2) is 0 Å². The van der Waals surface area contributed by atoms with Crippen molar-refractivity contribution >= 4 is 5.82 Å². The van der Waals surface area contributed by atoms with Gasteiger partial charge in [0.1, 0.15) is 17.6 Å². The smallest absolute Gasteiger partial charge is 0.368 e. The summed E-state index contributed by atoms with van der Waals surface area (Å²) in [5.41, 5.74) is -0.714. The Balaban J connectivity index is 2.20. The van der Waals surface area contributed by atoms with Crippen molar-refractivity contribution in [1.82, 2.24) is 4.98 Å². The Labute approximate surface area is 115 Å². The first kappa shape index (κ1) is 14.6. The van der Waals surface area contributed by atoms with Gasteiger partial charge in [-0.2, -0.15) is 18.4 Å². The zero-order valence-electron chi connectivity index (χ0n) is 11.4. The molecule has 1 N–H and O–H groups in total. The molecule has 0 aliphatic heterocycles. The van der Waals surface area contributed by atoms with Crippen molar-refractivity contribution in [3.8, 4) is 6.07 Å². The molecule has 1 aromatic rings. The standard InChI is InChI=1S/C14H16F3N3/c1-9(2)13(5-6-13)8-19-12-10(7-18)3-4-11(20-12)14(15,16)17/h3-4,9H,5-6,8H2,1-2H3,(H,19,20). The van der Waals surface area contributed by atoms with Crippen LogP contribution in [0.3, 0.4) is 0 Å². The lowest BCUT2D eigenvalue weighted by atomic mass is 9.92. The highest BCUT2D eigenvalue weighted by Gasteiger charge is 2.45. The quantitative estimate of drug-likeness (QED) is 0.913. The van der Waals surface area contributed by atoms with E-state index in [1.54, 1.807) is 0 Å². The molecule has 0 radical (unpaired) electrons. The fourth-order valence-corrected chi connectivity index (χ4v) is 2.22. The van der Waals surface area contributed by atoms with Crippen LogP contribution in [0.5, 0.6) is 0 Å². The van der Waals surface area contributed by atoms with Crippen LogP contribution in [0.25, 0.3) is 0 Å². The average Bonchev–Trinajstić information content (AvgIpc) is 3.16. The van der Waals surface area contributed by atoms with Crippen LogP contribution in [0.4, 0.5) is 19.0 Å². The summed E-state index contributed by atoms with van der Waals surface area (Å²) in [6.07, 6.45) is -2.39. The van der Waals surface area contributed by atoms with E-state index >= 15 is 0 Å². The molecule has 0 spiro atoms. The second-order valence-corrected chi connectivity index (χ2v) is 5.57. The van der Waals surface area contributed by atoms with E-state index in [4.69, 9.17) is 5.26 Å². The molecule has 3 nitrogen and oxygen atoms in total. The first-order valence-electron chi connectivity index (χ1n) is 6.51. The second-order valence-electron chi connectivity index (χ2n) is 5.57. The lowest BCUT2D eigenvalue weighted by Gasteiger charge is -2.21. The van der Waals surface area contributed by atoms with Crippen molar-refractivity contribution in [3.63, 3.8) is 0 Å². The molecule has 0 aromatic carbocycles. The number of anilines is 1. The van der Waals surface area contributed by atoms with Gasteiger partial charge in [-0.3, -0.25) is 0 Å². The Bertz CT molecular complexity index is 540. The maximum atomic E-state index is 12.6. The van der Waals surface area contributed by atoms with Crippen molar-refractivity contribution < 1.29 is 13.2 Å². The van der Waals surface area contributed by atoms with E-state index in [1.807, 2.05) is 6.07 Å². The minimum absolute atomic E-state index is 0.0225. The van der Waals surface area contributed by atoms with Crippen LogP contribution in [-0.2, 0) is 6.18 Å². The summed E-state index contributed by atoms with van der Waals surface area (Å²) in [6, 6.07) is 3.86. The summed E-state index contributed by atoms with van der Waals surface area (Å²) in [7, 11) is 0. The number of halogens is 3. The molecule has 0 saturated heterocycles. The number of pyridine rings is 1. The SMILES string of the molecule is CC(C)C1(CNc2nc(C(F)(F)F)ccc2C#N)CC1. The number of alkyl halides is 3. The highest BCUT2D eigenvalue weighted by molar-refractivity contribution is 5.52. The number of hydrogen-bond acceptors (Lipinski definition) is 3. The van der Waals surface area contributed by atoms with Crippen LogP contribution in [0, 0.1) is 22.7 Å². The third kappa shape index (κ3) is 2.87. The van der Waals surface area contributed by atoms with Crippen LogP contribution in [0.15, 0.2) is 12.1 Å². The Morgan fingerprint density at radius 3 is 2.50 bits per heavy atom. The normalized spacial score (nSPS) is 16.9. The van der Waals surface area contributed by atoms with Gasteiger partial charge in [0.2, 0.25) is 0 Å². The van der Waals surface area contributed by atoms with Gasteiger partial charge in [-0.15, -0.1) is 0 Å². The van der Waals surface area contributed by atoms with Gasteiger partial charge in [0.05, 0.1) is 5.56 Å². The monoisotopic (exact) mass is 283 g/mol. The van der Waals surface area contributed by atoms with Gasteiger partial charge in [0.25, 0.3) is 0 Å². The lowest BCUT2D eigenvalue weighted by Crippen LogP contribution is -2.22. The minimum Gasteiger partial charge on any atom is -0.368 e. The molecule has 20 heavy (non-hydrogen) atoms. The molecule has 2 rings (SSSR count). The van der Waals surface area contributed by atoms with Crippen LogP contribution >= 0.6 is 0 Å². The van der Waals surface area contributed by atoms with E-state index in [-0.39, 0.29) is 16.8 Å². The Morgan fingerprint density at radius 1 is 1.40 bits per heavy atom. The van der Waals surface area contributed by atoms with Crippen LogP contribution in [-0.4, -0.2) is 11.5 Å². The Morgan fingerprint density at radius 2 is 2.05 bits per heavy atom. The molecule has 1 fully saturated rings. The number of nitrogens with zero attached hydrogens (tertiary/aromatic N) is 2. The third-order valence-corrected chi connectivity index (χ3v) is 4.03. The third-order valence-electron chi connectivity index (χ3n) is 4.03. The van der Waals surface area contributed by atoms with Gasteiger partial charge in [0, 0.05) is 6.54 Å². The molecular formula is C14H16F3N3. The molecule has 1 heterocycles. The number of rotatable bonds is 4. The van der Waals surface area contributed by atoms with Crippen LogP contribution in [0.2, 0.25) is 0 Å². The zero-order valence-corrected chi connectivity index (χ0v) is 11.4.